The zero-order valence-electron chi connectivity index (χ0n) is 11.9. The SMILES string of the molecule is Cc1[nH]c(/C=C2\C(=O)Nc3ccc(F)cc32)c(C)c1C(=O)I. The van der Waals surface area contributed by atoms with E-state index in [-0.39, 0.29) is 9.70 Å². The third kappa shape index (κ3) is 2.37. The number of hydrogen-bond acceptors (Lipinski definition) is 2. The topological polar surface area (TPSA) is 62.0 Å². The second-order valence-corrected chi connectivity index (χ2v) is 6.12. The summed E-state index contributed by atoms with van der Waals surface area (Å²) in [7, 11) is 0. The zero-order chi connectivity index (χ0) is 16.0. The average Bonchev–Trinajstić information content (AvgIpc) is 2.88. The first kappa shape index (κ1) is 15.0. The van der Waals surface area contributed by atoms with Gasteiger partial charge in [-0.1, -0.05) is 0 Å². The standard InChI is InChI=1S/C16H12FIN2O2/c1-7-13(19-8(2)14(7)15(18)21)6-11-10-5-9(17)3-4-12(10)20-16(11)22/h3-6,19H,1-2H3,(H,20,22)/b11-6-. The Balaban J connectivity index is 2.15. The first-order valence-electron chi connectivity index (χ1n) is 6.60. The van der Waals surface area contributed by atoms with Crippen molar-refractivity contribution < 1.29 is 14.0 Å². The number of aryl methyl sites for hydroxylation is 1. The molecule has 2 N–H and O–H groups in total. The van der Waals surface area contributed by atoms with Crippen LogP contribution in [-0.4, -0.2) is 14.7 Å². The smallest absolute Gasteiger partial charge is 0.256 e. The Hall–Kier alpha value is -1.96. The minimum Gasteiger partial charge on any atom is -0.358 e. The number of halogens is 2. The molecular weight excluding hydrogens is 398 g/mol. The van der Waals surface area contributed by atoms with Gasteiger partial charge in [-0.05, 0) is 43.7 Å². The summed E-state index contributed by atoms with van der Waals surface area (Å²) < 4.78 is 13.4. The fraction of sp³-hybridized carbons (Fsp3) is 0.125. The molecule has 2 heterocycles. The maximum Gasteiger partial charge on any atom is 0.256 e. The van der Waals surface area contributed by atoms with Gasteiger partial charge in [0, 0.05) is 45.2 Å². The normalized spacial score (nSPS) is 15.1. The molecule has 1 aromatic heterocycles. The van der Waals surface area contributed by atoms with E-state index in [0.29, 0.717) is 28.1 Å². The Labute approximate surface area is 139 Å². The second kappa shape index (κ2) is 5.35. The molecule has 0 saturated carbocycles. The number of nitrogens with one attached hydrogen (secondary N) is 2. The highest BCUT2D eigenvalue weighted by Gasteiger charge is 2.25. The molecule has 6 heteroatoms. The molecule has 4 nitrogen and oxygen atoms in total. The Morgan fingerprint density at radius 1 is 1.32 bits per heavy atom. The molecule has 0 aliphatic carbocycles. The fourth-order valence-corrected chi connectivity index (χ4v) is 3.47. The number of hydrogen-bond donors (Lipinski definition) is 2. The molecule has 1 amide bonds. The Kier molecular flexibility index (Phi) is 3.64. The summed E-state index contributed by atoms with van der Waals surface area (Å²) >= 11 is 1.74. The van der Waals surface area contributed by atoms with Gasteiger partial charge < -0.3 is 10.3 Å². The van der Waals surface area contributed by atoms with Gasteiger partial charge in [0.25, 0.3) is 5.91 Å². The van der Waals surface area contributed by atoms with Gasteiger partial charge >= 0.3 is 0 Å². The number of aromatic amines is 1. The Morgan fingerprint density at radius 3 is 2.68 bits per heavy atom. The van der Waals surface area contributed by atoms with Crippen LogP contribution in [0.2, 0.25) is 0 Å². The molecule has 0 fully saturated rings. The molecule has 0 saturated heterocycles. The monoisotopic (exact) mass is 410 g/mol. The number of benzene rings is 1. The van der Waals surface area contributed by atoms with E-state index in [1.165, 1.54) is 18.2 Å². The molecule has 0 bridgehead atoms. The number of anilines is 1. The van der Waals surface area contributed by atoms with E-state index in [4.69, 9.17) is 0 Å². The van der Waals surface area contributed by atoms with Gasteiger partial charge in [0.1, 0.15) is 5.82 Å². The van der Waals surface area contributed by atoms with Crippen molar-refractivity contribution in [3.63, 3.8) is 0 Å². The third-order valence-corrected chi connectivity index (χ3v) is 4.27. The highest BCUT2D eigenvalue weighted by molar-refractivity contribution is 14.1. The predicted octanol–water partition coefficient (Wildman–Crippen LogP) is 3.84. The van der Waals surface area contributed by atoms with Crippen molar-refractivity contribution in [2.24, 2.45) is 0 Å². The lowest BCUT2D eigenvalue weighted by atomic mass is 10.0. The van der Waals surface area contributed by atoms with Crippen LogP contribution in [0, 0.1) is 19.7 Å². The van der Waals surface area contributed by atoms with Crippen molar-refractivity contribution in [2.75, 3.05) is 5.32 Å². The highest BCUT2D eigenvalue weighted by Crippen LogP contribution is 2.34. The first-order chi connectivity index (χ1) is 10.4. The Morgan fingerprint density at radius 2 is 2.05 bits per heavy atom. The van der Waals surface area contributed by atoms with E-state index in [9.17, 15) is 14.0 Å². The molecule has 1 aromatic carbocycles. The van der Waals surface area contributed by atoms with Gasteiger partial charge in [0.15, 0.2) is 0 Å². The number of fused-ring (bicyclic) bond motifs is 1. The van der Waals surface area contributed by atoms with Crippen molar-refractivity contribution in [3.05, 3.63) is 52.1 Å². The van der Waals surface area contributed by atoms with Gasteiger partial charge in [-0.25, -0.2) is 4.39 Å². The van der Waals surface area contributed by atoms with Crippen LogP contribution in [-0.2, 0) is 4.79 Å². The Bertz CT molecular complexity index is 852. The lowest BCUT2D eigenvalue weighted by Crippen LogP contribution is -2.03. The van der Waals surface area contributed by atoms with Crippen LogP contribution in [0.3, 0.4) is 0 Å². The van der Waals surface area contributed by atoms with Crippen molar-refractivity contribution in [1.82, 2.24) is 4.98 Å². The molecule has 0 unspecified atom stereocenters. The second-order valence-electron chi connectivity index (χ2n) is 5.14. The predicted molar refractivity (Wildman–Crippen MR) is 91.5 cm³/mol. The van der Waals surface area contributed by atoms with E-state index >= 15 is 0 Å². The van der Waals surface area contributed by atoms with Crippen molar-refractivity contribution >= 4 is 49.6 Å². The summed E-state index contributed by atoms with van der Waals surface area (Å²) in [4.78, 5) is 26.9. The van der Waals surface area contributed by atoms with Crippen LogP contribution < -0.4 is 5.32 Å². The van der Waals surface area contributed by atoms with Gasteiger partial charge in [-0.15, -0.1) is 0 Å². The van der Waals surface area contributed by atoms with E-state index in [1.807, 2.05) is 13.8 Å². The van der Waals surface area contributed by atoms with E-state index in [1.54, 1.807) is 28.7 Å². The van der Waals surface area contributed by atoms with Crippen LogP contribution in [0.1, 0.15) is 32.9 Å². The summed E-state index contributed by atoms with van der Waals surface area (Å²) in [6, 6.07) is 4.17. The van der Waals surface area contributed by atoms with E-state index in [0.717, 1.165) is 11.3 Å². The van der Waals surface area contributed by atoms with Crippen LogP contribution >= 0.6 is 22.6 Å². The minimum absolute atomic E-state index is 0.0594. The number of carbonyl (C=O) groups is 2. The van der Waals surface area contributed by atoms with Crippen LogP contribution in [0.25, 0.3) is 11.6 Å². The molecule has 1 aliphatic rings. The number of carbonyl (C=O) groups excluding carboxylic acids is 2. The lowest BCUT2D eigenvalue weighted by molar-refractivity contribution is -0.110. The largest absolute Gasteiger partial charge is 0.358 e. The molecule has 3 rings (SSSR count). The maximum atomic E-state index is 13.4. The summed E-state index contributed by atoms with van der Waals surface area (Å²) in [5.41, 5.74) is 4.32. The lowest BCUT2D eigenvalue weighted by Gasteiger charge is -1.99. The van der Waals surface area contributed by atoms with Crippen molar-refractivity contribution in [3.8, 4) is 0 Å². The first-order valence-corrected chi connectivity index (χ1v) is 7.68. The van der Waals surface area contributed by atoms with Crippen molar-refractivity contribution in [1.29, 1.82) is 0 Å². The molecule has 0 atom stereocenters. The van der Waals surface area contributed by atoms with Gasteiger partial charge in [0.2, 0.25) is 3.79 Å². The quantitative estimate of drug-likeness (QED) is 0.449. The van der Waals surface area contributed by atoms with Crippen LogP contribution in [0.4, 0.5) is 10.1 Å². The van der Waals surface area contributed by atoms with E-state index in [2.05, 4.69) is 10.3 Å². The average molecular weight is 410 g/mol. The minimum atomic E-state index is -0.399. The van der Waals surface area contributed by atoms with Gasteiger partial charge in [0.05, 0.1) is 11.1 Å². The summed E-state index contributed by atoms with van der Waals surface area (Å²) in [6.07, 6.45) is 1.66. The number of rotatable bonds is 2. The fourth-order valence-electron chi connectivity index (χ4n) is 2.66. The van der Waals surface area contributed by atoms with Crippen molar-refractivity contribution in [2.45, 2.75) is 13.8 Å². The van der Waals surface area contributed by atoms with Gasteiger partial charge in [-0.2, -0.15) is 0 Å². The van der Waals surface area contributed by atoms with Crippen LogP contribution in [0.15, 0.2) is 18.2 Å². The molecule has 112 valence electrons. The van der Waals surface area contributed by atoms with E-state index < -0.39 is 5.82 Å². The number of H-pyrrole nitrogens is 1. The molecular formula is C16H12FIN2O2. The summed E-state index contributed by atoms with van der Waals surface area (Å²) in [6.45, 7) is 3.63. The summed E-state index contributed by atoms with van der Waals surface area (Å²) in [5, 5.41) is 2.70. The molecule has 0 spiro atoms. The molecule has 22 heavy (non-hydrogen) atoms. The maximum absolute atomic E-state index is 13.4. The highest BCUT2D eigenvalue weighted by atomic mass is 127. The zero-order valence-corrected chi connectivity index (χ0v) is 14.0. The number of amides is 1. The molecule has 2 aromatic rings. The third-order valence-electron chi connectivity index (χ3n) is 3.73. The number of aromatic nitrogens is 1. The molecule has 0 radical (unpaired) electrons. The summed E-state index contributed by atoms with van der Waals surface area (Å²) in [5.74, 6) is -0.682. The van der Waals surface area contributed by atoms with Crippen LogP contribution in [0.5, 0.6) is 0 Å². The van der Waals surface area contributed by atoms with Gasteiger partial charge in [-0.3, -0.25) is 9.59 Å². The molecule has 1 aliphatic heterocycles.